The molecule has 0 radical (unpaired) electrons. The van der Waals surface area contributed by atoms with Crippen molar-refractivity contribution in [2.24, 2.45) is 4.99 Å². The molecule has 2 aromatic heterocycles. The number of carbonyl (C=O) groups excluding carboxylic acids is 2. The Kier molecular flexibility index (Phi) is 5.85. The maximum atomic E-state index is 12.5. The summed E-state index contributed by atoms with van der Waals surface area (Å²) < 4.78 is 12.7. The van der Waals surface area contributed by atoms with Gasteiger partial charge in [-0.3, -0.25) is 19.7 Å². The number of benzene rings is 1. The molecule has 1 amide bonds. The predicted octanol–water partition coefficient (Wildman–Crippen LogP) is 2.99. The van der Waals surface area contributed by atoms with E-state index in [0.29, 0.717) is 17.9 Å². The van der Waals surface area contributed by atoms with Crippen LogP contribution in [0.5, 0.6) is 5.75 Å². The molecule has 0 aliphatic carbocycles. The van der Waals surface area contributed by atoms with Crippen molar-refractivity contribution in [2.45, 2.75) is 13.5 Å². The minimum Gasteiger partial charge on any atom is -0.492 e. The Bertz CT molecular complexity index is 1130. The summed E-state index contributed by atoms with van der Waals surface area (Å²) in [5, 5.41) is 10.7. The van der Waals surface area contributed by atoms with Crippen LogP contribution in [0.4, 0.5) is 5.00 Å². The zero-order valence-corrected chi connectivity index (χ0v) is 16.5. The average molecular weight is 421 g/mol. The fourth-order valence-electron chi connectivity index (χ4n) is 2.48. The molecule has 0 atom stereocenters. The number of nitrogens with zero attached hydrogens (tertiary/aromatic N) is 3. The first-order chi connectivity index (χ1) is 13.4. The molecule has 146 valence electrons. The fourth-order valence-corrected chi connectivity index (χ4v) is 4.23. The maximum absolute atomic E-state index is 12.5. The Morgan fingerprint density at radius 1 is 1.25 bits per heavy atom. The molecule has 0 saturated heterocycles. The Morgan fingerprint density at radius 2 is 2.04 bits per heavy atom. The Balaban J connectivity index is 2.15. The van der Waals surface area contributed by atoms with Crippen LogP contribution in [0.15, 0.2) is 35.3 Å². The van der Waals surface area contributed by atoms with Crippen LogP contribution >= 0.6 is 22.7 Å². The van der Waals surface area contributed by atoms with Gasteiger partial charge in [0, 0.05) is 6.07 Å². The monoisotopic (exact) mass is 421 g/mol. The fraction of sp³-hybridized carbons (Fsp3) is 0.235. The molecule has 28 heavy (non-hydrogen) atoms. The molecule has 0 spiro atoms. The molecule has 11 heteroatoms. The minimum atomic E-state index is -0.624. The highest BCUT2D eigenvalue weighted by molar-refractivity contribution is 7.17. The molecule has 2 heterocycles. The summed E-state index contributed by atoms with van der Waals surface area (Å²) in [4.78, 5) is 39.2. The quantitative estimate of drug-likeness (QED) is 0.343. The lowest BCUT2D eigenvalue weighted by molar-refractivity contribution is -0.380. The number of ether oxygens (including phenoxy) is 2. The van der Waals surface area contributed by atoms with Crippen LogP contribution < -0.4 is 9.54 Å². The van der Waals surface area contributed by atoms with Gasteiger partial charge in [-0.25, -0.2) is 0 Å². The number of methoxy groups -OCH3 is 1. The molecule has 0 unspecified atom stereocenters. The standard InChI is InChI=1S/C17H15N3O6S2/c1-3-26-10-5-4-6-11-15(10)19(9-14(21)25-2)17(28-11)18-16(22)12-7-8-13(27-12)20(23)24/h4-8H,3,9H2,1-2H3. The van der Waals surface area contributed by atoms with Gasteiger partial charge in [0.15, 0.2) is 4.80 Å². The number of aromatic nitrogens is 1. The van der Waals surface area contributed by atoms with E-state index in [9.17, 15) is 19.7 Å². The van der Waals surface area contributed by atoms with Gasteiger partial charge in [0.25, 0.3) is 5.91 Å². The number of amides is 1. The first-order valence-electron chi connectivity index (χ1n) is 8.09. The van der Waals surface area contributed by atoms with Crippen LogP contribution in [0.25, 0.3) is 10.2 Å². The molecule has 3 rings (SSSR count). The number of para-hydroxylation sites is 1. The second-order valence-corrected chi connectivity index (χ2v) is 7.47. The highest BCUT2D eigenvalue weighted by atomic mass is 32.1. The second kappa shape index (κ2) is 8.31. The number of hydrogen-bond acceptors (Lipinski definition) is 8. The largest absolute Gasteiger partial charge is 0.492 e. The zero-order chi connectivity index (χ0) is 20.3. The van der Waals surface area contributed by atoms with Gasteiger partial charge < -0.3 is 14.0 Å². The Labute approximate surface area is 166 Å². The number of fused-ring (bicyclic) bond motifs is 1. The number of carbonyl (C=O) groups is 2. The van der Waals surface area contributed by atoms with E-state index in [1.54, 1.807) is 16.7 Å². The number of hydrogen-bond donors (Lipinski definition) is 0. The Hall–Kier alpha value is -3.05. The highest BCUT2D eigenvalue weighted by Gasteiger charge is 2.18. The minimum absolute atomic E-state index is 0.138. The topological polar surface area (TPSA) is 113 Å². The molecule has 0 saturated carbocycles. The number of thiophene rings is 1. The lowest BCUT2D eigenvalue weighted by atomic mass is 10.3. The van der Waals surface area contributed by atoms with Gasteiger partial charge >= 0.3 is 11.0 Å². The van der Waals surface area contributed by atoms with Crippen molar-refractivity contribution >= 4 is 49.8 Å². The van der Waals surface area contributed by atoms with Crippen LogP contribution in [0.2, 0.25) is 0 Å². The summed E-state index contributed by atoms with van der Waals surface area (Å²) in [5.41, 5.74) is 0.628. The van der Waals surface area contributed by atoms with E-state index in [2.05, 4.69) is 4.99 Å². The third-order valence-electron chi connectivity index (χ3n) is 3.66. The SMILES string of the molecule is CCOc1cccc2sc(=NC(=O)c3ccc([N+](=O)[O-])s3)n(CC(=O)OC)c12. The number of nitro groups is 1. The van der Waals surface area contributed by atoms with Gasteiger partial charge in [0.05, 0.1) is 23.3 Å². The Morgan fingerprint density at radius 3 is 2.68 bits per heavy atom. The zero-order valence-electron chi connectivity index (χ0n) is 14.9. The van der Waals surface area contributed by atoms with E-state index in [0.717, 1.165) is 16.0 Å². The molecule has 0 bridgehead atoms. The van der Waals surface area contributed by atoms with Gasteiger partial charge in [0.1, 0.15) is 22.7 Å². The summed E-state index contributed by atoms with van der Waals surface area (Å²) in [6, 6.07) is 8.02. The third-order valence-corrected chi connectivity index (χ3v) is 5.73. The molecule has 3 aromatic rings. The average Bonchev–Trinajstić information content (AvgIpc) is 3.28. The smallest absolute Gasteiger partial charge is 0.325 e. The van der Waals surface area contributed by atoms with Gasteiger partial charge in [-0.2, -0.15) is 4.99 Å². The predicted molar refractivity (Wildman–Crippen MR) is 104 cm³/mol. The summed E-state index contributed by atoms with van der Waals surface area (Å²) in [5.74, 6) is -0.575. The van der Waals surface area contributed by atoms with Crippen molar-refractivity contribution in [3.05, 3.63) is 50.1 Å². The number of esters is 1. The molecule has 0 fully saturated rings. The van der Waals surface area contributed by atoms with E-state index in [1.807, 2.05) is 13.0 Å². The van der Waals surface area contributed by atoms with Crippen LogP contribution in [0, 0.1) is 10.1 Å². The summed E-state index contributed by atoms with van der Waals surface area (Å²) in [6.07, 6.45) is 0. The van der Waals surface area contributed by atoms with Crippen molar-refractivity contribution in [3.63, 3.8) is 0 Å². The van der Waals surface area contributed by atoms with Gasteiger partial charge in [0.2, 0.25) is 0 Å². The van der Waals surface area contributed by atoms with Gasteiger partial charge in [-0.15, -0.1) is 0 Å². The van der Waals surface area contributed by atoms with Crippen LogP contribution in [0.3, 0.4) is 0 Å². The number of rotatable bonds is 6. The van der Waals surface area contributed by atoms with Gasteiger partial charge in [-0.05, 0) is 25.1 Å². The summed E-state index contributed by atoms with van der Waals surface area (Å²) in [7, 11) is 1.27. The molecule has 0 aliphatic heterocycles. The maximum Gasteiger partial charge on any atom is 0.325 e. The lowest BCUT2D eigenvalue weighted by Crippen LogP contribution is -2.22. The molecular weight excluding hydrogens is 406 g/mol. The lowest BCUT2D eigenvalue weighted by Gasteiger charge is -2.08. The van der Waals surface area contributed by atoms with E-state index in [1.165, 1.54) is 30.6 Å². The van der Waals surface area contributed by atoms with E-state index in [-0.39, 0.29) is 21.2 Å². The molecule has 9 nitrogen and oxygen atoms in total. The normalized spacial score (nSPS) is 11.6. The van der Waals surface area contributed by atoms with Crippen molar-refractivity contribution in [1.82, 2.24) is 4.57 Å². The second-order valence-electron chi connectivity index (χ2n) is 5.39. The molecule has 0 aliphatic rings. The summed E-state index contributed by atoms with van der Waals surface area (Å²) >= 11 is 1.96. The van der Waals surface area contributed by atoms with Crippen molar-refractivity contribution in [1.29, 1.82) is 0 Å². The summed E-state index contributed by atoms with van der Waals surface area (Å²) in [6.45, 7) is 2.11. The molecule has 1 aromatic carbocycles. The van der Waals surface area contributed by atoms with Crippen molar-refractivity contribution < 1.29 is 24.0 Å². The van der Waals surface area contributed by atoms with Crippen LogP contribution in [0.1, 0.15) is 16.6 Å². The van der Waals surface area contributed by atoms with Crippen molar-refractivity contribution in [2.75, 3.05) is 13.7 Å². The van der Waals surface area contributed by atoms with Crippen LogP contribution in [-0.2, 0) is 16.1 Å². The third kappa shape index (κ3) is 3.94. The highest BCUT2D eigenvalue weighted by Crippen LogP contribution is 2.28. The van der Waals surface area contributed by atoms with Gasteiger partial charge in [-0.1, -0.05) is 28.7 Å². The number of thiazole rings is 1. The molecular formula is C17H15N3O6S2. The first kappa shape index (κ1) is 19.7. The first-order valence-corrected chi connectivity index (χ1v) is 9.73. The molecule has 0 N–H and O–H groups in total. The van der Waals surface area contributed by atoms with Crippen LogP contribution in [-0.4, -0.2) is 35.1 Å². The van der Waals surface area contributed by atoms with E-state index in [4.69, 9.17) is 9.47 Å². The van der Waals surface area contributed by atoms with Crippen molar-refractivity contribution in [3.8, 4) is 5.75 Å². The van der Waals surface area contributed by atoms with E-state index >= 15 is 0 Å². The van der Waals surface area contributed by atoms with E-state index < -0.39 is 16.8 Å².